The number of carbonyl (C=O) groups is 1. The molecule has 0 aromatic heterocycles. The van der Waals surface area contributed by atoms with Gasteiger partial charge in [0.1, 0.15) is 0 Å². The smallest absolute Gasteiger partial charge is 0.221 e. The summed E-state index contributed by atoms with van der Waals surface area (Å²) in [5.74, 6) is 0.107. The first-order valence-electron chi connectivity index (χ1n) is 5.53. The SMILES string of the molecule is CC1(C)CCCC(NC(=O)CCN)C1. The third-order valence-corrected chi connectivity index (χ3v) is 2.94. The van der Waals surface area contributed by atoms with Gasteiger partial charge in [0.2, 0.25) is 5.91 Å². The molecule has 1 aliphatic rings. The summed E-state index contributed by atoms with van der Waals surface area (Å²) in [6.45, 7) is 4.99. The predicted molar refractivity (Wildman–Crippen MR) is 57.9 cm³/mol. The fourth-order valence-electron chi connectivity index (χ4n) is 2.25. The van der Waals surface area contributed by atoms with Crippen LogP contribution in [0.5, 0.6) is 0 Å². The summed E-state index contributed by atoms with van der Waals surface area (Å²) in [5, 5.41) is 3.06. The van der Waals surface area contributed by atoms with Crippen molar-refractivity contribution in [3.63, 3.8) is 0 Å². The lowest BCUT2D eigenvalue weighted by molar-refractivity contribution is -0.122. The summed E-state index contributed by atoms with van der Waals surface area (Å²) >= 11 is 0. The highest BCUT2D eigenvalue weighted by Gasteiger charge is 2.28. The van der Waals surface area contributed by atoms with Crippen LogP contribution in [0, 0.1) is 5.41 Å². The van der Waals surface area contributed by atoms with Crippen molar-refractivity contribution in [1.82, 2.24) is 5.32 Å². The van der Waals surface area contributed by atoms with Crippen molar-refractivity contribution in [3.8, 4) is 0 Å². The number of hydrogen-bond donors (Lipinski definition) is 2. The summed E-state index contributed by atoms with van der Waals surface area (Å²) in [6, 6.07) is 0.373. The third-order valence-electron chi connectivity index (χ3n) is 2.94. The van der Waals surface area contributed by atoms with Gasteiger partial charge < -0.3 is 11.1 Å². The molecule has 14 heavy (non-hydrogen) atoms. The Morgan fingerprint density at radius 1 is 1.57 bits per heavy atom. The average Bonchev–Trinajstić information content (AvgIpc) is 2.02. The molecule has 0 heterocycles. The highest BCUT2D eigenvalue weighted by molar-refractivity contribution is 5.76. The van der Waals surface area contributed by atoms with E-state index < -0.39 is 0 Å². The minimum Gasteiger partial charge on any atom is -0.353 e. The predicted octanol–water partition coefficient (Wildman–Crippen LogP) is 1.42. The van der Waals surface area contributed by atoms with Crippen LogP contribution >= 0.6 is 0 Å². The second kappa shape index (κ2) is 4.78. The zero-order valence-corrected chi connectivity index (χ0v) is 9.31. The molecule has 0 bridgehead atoms. The highest BCUT2D eigenvalue weighted by atomic mass is 16.1. The van der Waals surface area contributed by atoms with E-state index >= 15 is 0 Å². The first-order chi connectivity index (χ1) is 6.53. The van der Waals surface area contributed by atoms with Gasteiger partial charge in [-0.2, -0.15) is 0 Å². The Labute approximate surface area is 86.4 Å². The molecular weight excluding hydrogens is 176 g/mol. The molecule has 1 atom stereocenters. The van der Waals surface area contributed by atoms with Crippen molar-refractivity contribution in [2.75, 3.05) is 6.54 Å². The molecule has 1 amide bonds. The summed E-state index contributed by atoms with van der Waals surface area (Å²) < 4.78 is 0. The number of hydrogen-bond acceptors (Lipinski definition) is 2. The van der Waals surface area contributed by atoms with Crippen LogP contribution in [-0.4, -0.2) is 18.5 Å². The summed E-state index contributed by atoms with van der Waals surface area (Å²) in [5.41, 5.74) is 5.71. The second-order valence-corrected chi connectivity index (χ2v) is 5.06. The number of nitrogens with two attached hydrogens (primary N) is 1. The van der Waals surface area contributed by atoms with E-state index in [1.165, 1.54) is 12.8 Å². The number of amides is 1. The van der Waals surface area contributed by atoms with Crippen LogP contribution in [0.25, 0.3) is 0 Å². The van der Waals surface area contributed by atoms with E-state index in [4.69, 9.17) is 5.73 Å². The maximum atomic E-state index is 11.3. The molecule has 0 aromatic rings. The van der Waals surface area contributed by atoms with Crippen molar-refractivity contribution >= 4 is 5.91 Å². The zero-order valence-electron chi connectivity index (χ0n) is 9.31. The Bertz CT molecular complexity index is 201. The zero-order chi connectivity index (χ0) is 10.6. The van der Waals surface area contributed by atoms with Crippen molar-refractivity contribution in [1.29, 1.82) is 0 Å². The van der Waals surface area contributed by atoms with E-state index in [-0.39, 0.29) is 5.91 Å². The van der Waals surface area contributed by atoms with Gasteiger partial charge in [-0.1, -0.05) is 20.3 Å². The summed E-state index contributed by atoms with van der Waals surface area (Å²) in [7, 11) is 0. The van der Waals surface area contributed by atoms with Crippen LogP contribution in [0.1, 0.15) is 46.0 Å². The molecule has 1 unspecified atom stereocenters. The van der Waals surface area contributed by atoms with Crippen molar-refractivity contribution in [2.24, 2.45) is 11.1 Å². The summed E-state index contributed by atoms with van der Waals surface area (Å²) in [4.78, 5) is 11.3. The van der Waals surface area contributed by atoms with Crippen molar-refractivity contribution < 1.29 is 4.79 Å². The highest BCUT2D eigenvalue weighted by Crippen LogP contribution is 2.34. The lowest BCUT2D eigenvalue weighted by Gasteiger charge is -2.35. The summed E-state index contributed by atoms with van der Waals surface area (Å²) in [6.07, 6.45) is 5.18. The molecule has 1 fully saturated rings. The Hall–Kier alpha value is -0.570. The largest absolute Gasteiger partial charge is 0.353 e. The van der Waals surface area contributed by atoms with E-state index in [9.17, 15) is 4.79 Å². The van der Waals surface area contributed by atoms with E-state index in [0.29, 0.717) is 24.4 Å². The van der Waals surface area contributed by atoms with Crippen LogP contribution in [0.15, 0.2) is 0 Å². The van der Waals surface area contributed by atoms with Gasteiger partial charge in [-0.3, -0.25) is 4.79 Å². The minimum atomic E-state index is 0.107. The fourth-order valence-corrected chi connectivity index (χ4v) is 2.25. The number of nitrogens with one attached hydrogen (secondary N) is 1. The van der Waals surface area contributed by atoms with Crippen LogP contribution in [0.2, 0.25) is 0 Å². The molecule has 0 radical (unpaired) electrons. The quantitative estimate of drug-likeness (QED) is 0.720. The van der Waals surface area contributed by atoms with Gasteiger partial charge in [-0.25, -0.2) is 0 Å². The van der Waals surface area contributed by atoms with Crippen molar-refractivity contribution in [3.05, 3.63) is 0 Å². The molecule has 1 aliphatic carbocycles. The van der Waals surface area contributed by atoms with E-state index in [1.807, 2.05) is 0 Å². The first kappa shape index (κ1) is 11.5. The molecule has 0 saturated heterocycles. The Morgan fingerprint density at radius 2 is 2.29 bits per heavy atom. The molecule has 3 nitrogen and oxygen atoms in total. The molecule has 0 spiro atoms. The monoisotopic (exact) mass is 198 g/mol. The lowest BCUT2D eigenvalue weighted by Crippen LogP contribution is -2.41. The minimum absolute atomic E-state index is 0.107. The Kier molecular flexibility index (Phi) is 3.93. The molecule has 82 valence electrons. The van der Waals surface area contributed by atoms with E-state index in [0.717, 1.165) is 12.8 Å². The second-order valence-electron chi connectivity index (χ2n) is 5.06. The number of rotatable bonds is 3. The fraction of sp³-hybridized carbons (Fsp3) is 0.909. The lowest BCUT2D eigenvalue weighted by atomic mass is 9.75. The molecule has 0 aromatic carbocycles. The molecule has 1 rings (SSSR count). The average molecular weight is 198 g/mol. The van der Waals surface area contributed by atoms with Crippen LogP contribution < -0.4 is 11.1 Å². The van der Waals surface area contributed by atoms with Crippen LogP contribution in [0.4, 0.5) is 0 Å². The van der Waals surface area contributed by atoms with E-state index in [2.05, 4.69) is 19.2 Å². The molecular formula is C11H22N2O. The first-order valence-corrected chi connectivity index (χ1v) is 5.53. The van der Waals surface area contributed by atoms with Crippen molar-refractivity contribution in [2.45, 2.75) is 52.0 Å². The van der Waals surface area contributed by atoms with Gasteiger partial charge in [0, 0.05) is 19.0 Å². The molecule has 3 heteroatoms. The third kappa shape index (κ3) is 3.66. The maximum absolute atomic E-state index is 11.3. The molecule has 0 aliphatic heterocycles. The normalized spacial score (nSPS) is 25.8. The topological polar surface area (TPSA) is 55.1 Å². The van der Waals surface area contributed by atoms with Crippen LogP contribution in [-0.2, 0) is 4.79 Å². The standard InChI is InChI=1S/C11H22N2O/c1-11(2)6-3-4-9(8-11)13-10(14)5-7-12/h9H,3-8,12H2,1-2H3,(H,13,14). The van der Waals surface area contributed by atoms with Crippen LogP contribution in [0.3, 0.4) is 0 Å². The van der Waals surface area contributed by atoms with Gasteiger partial charge in [-0.15, -0.1) is 0 Å². The van der Waals surface area contributed by atoms with Gasteiger partial charge in [0.15, 0.2) is 0 Å². The Morgan fingerprint density at radius 3 is 2.86 bits per heavy atom. The number of carbonyl (C=O) groups excluding carboxylic acids is 1. The van der Waals surface area contributed by atoms with Gasteiger partial charge >= 0.3 is 0 Å². The van der Waals surface area contributed by atoms with Gasteiger partial charge in [-0.05, 0) is 24.7 Å². The Balaban J connectivity index is 2.34. The maximum Gasteiger partial charge on any atom is 0.221 e. The molecule has 1 saturated carbocycles. The van der Waals surface area contributed by atoms with Gasteiger partial charge in [0.25, 0.3) is 0 Å². The molecule has 3 N–H and O–H groups in total. The van der Waals surface area contributed by atoms with Gasteiger partial charge in [0.05, 0.1) is 0 Å². The van der Waals surface area contributed by atoms with E-state index in [1.54, 1.807) is 0 Å².